The normalized spacial score (nSPS) is 18.9. The molecule has 1 aromatic heterocycles. The van der Waals surface area contributed by atoms with E-state index >= 15 is 0 Å². The second kappa shape index (κ2) is 6.29. The highest BCUT2D eigenvalue weighted by molar-refractivity contribution is 9.10. The molecule has 1 aromatic rings. The number of pyridine rings is 1. The van der Waals surface area contributed by atoms with Crippen molar-refractivity contribution >= 4 is 27.7 Å². The highest BCUT2D eigenvalue weighted by atomic mass is 79.9. The van der Waals surface area contributed by atoms with Gasteiger partial charge in [0.15, 0.2) is 0 Å². The molecule has 1 fully saturated rings. The molecule has 0 spiro atoms. The molecule has 1 amide bonds. The number of nitrogens with zero attached hydrogens (tertiary/aromatic N) is 1. The van der Waals surface area contributed by atoms with Crippen LogP contribution in [-0.4, -0.2) is 23.6 Å². The molecule has 1 aliphatic heterocycles. The molecule has 1 atom stereocenters. The van der Waals surface area contributed by atoms with Crippen LogP contribution < -0.4 is 5.32 Å². The number of ether oxygens (including phenoxy) is 1. The Morgan fingerprint density at radius 2 is 2.50 bits per heavy atom. The first-order valence-corrected chi connectivity index (χ1v) is 6.98. The van der Waals surface area contributed by atoms with Crippen molar-refractivity contribution in [2.75, 3.05) is 11.9 Å². The van der Waals surface area contributed by atoms with E-state index in [0.717, 1.165) is 35.9 Å². The van der Waals surface area contributed by atoms with Gasteiger partial charge in [0.1, 0.15) is 5.82 Å². The first kappa shape index (κ1) is 13.5. The molecular formula is C13H17BrN2O2. The summed E-state index contributed by atoms with van der Waals surface area (Å²) < 4.78 is 6.41. The summed E-state index contributed by atoms with van der Waals surface area (Å²) in [6.45, 7) is 2.76. The molecular weight excluding hydrogens is 296 g/mol. The minimum Gasteiger partial charge on any atom is -0.378 e. The molecule has 18 heavy (non-hydrogen) atoms. The lowest BCUT2D eigenvalue weighted by molar-refractivity contribution is -0.116. The lowest BCUT2D eigenvalue weighted by Gasteiger charge is -2.10. The van der Waals surface area contributed by atoms with Gasteiger partial charge in [-0.3, -0.25) is 4.79 Å². The van der Waals surface area contributed by atoms with Crippen molar-refractivity contribution in [1.29, 1.82) is 0 Å². The molecule has 1 aliphatic rings. The average Bonchev–Trinajstić information content (AvgIpc) is 2.83. The Morgan fingerprint density at radius 1 is 1.67 bits per heavy atom. The summed E-state index contributed by atoms with van der Waals surface area (Å²) in [5.74, 6) is 0.638. The molecule has 1 saturated heterocycles. The van der Waals surface area contributed by atoms with Crippen LogP contribution in [0.3, 0.4) is 0 Å². The molecule has 0 radical (unpaired) electrons. The quantitative estimate of drug-likeness (QED) is 0.929. The van der Waals surface area contributed by atoms with Gasteiger partial charge in [-0.25, -0.2) is 4.98 Å². The summed E-state index contributed by atoms with van der Waals surface area (Å²) in [5.41, 5.74) is 0.954. The molecule has 2 rings (SSSR count). The van der Waals surface area contributed by atoms with Crippen LogP contribution in [0.1, 0.15) is 31.2 Å². The van der Waals surface area contributed by atoms with E-state index in [0.29, 0.717) is 12.2 Å². The Hall–Kier alpha value is -0.940. The van der Waals surface area contributed by atoms with Crippen LogP contribution in [0.5, 0.6) is 0 Å². The van der Waals surface area contributed by atoms with Gasteiger partial charge >= 0.3 is 0 Å². The van der Waals surface area contributed by atoms with Gasteiger partial charge in [0, 0.05) is 23.7 Å². The maximum atomic E-state index is 11.8. The fraction of sp³-hybridized carbons (Fsp3) is 0.538. The molecule has 0 aromatic carbocycles. The summed E-state index contributed by atoms with van der Waals surface area (Å²) in [7, 11) is 0. The third-order valence-corrected chi connectivity index (χ3v) is 3.45. The fourth-order valence-electron chi connectivity index (χ4n) is 2.03. The number of halogens is 1. The van der Waals surface area contributed by atoms with Crippen LogP contribution in [-0.2, 0) is 9.53 Å². The number of aryl methyl sites for hydroxylation is 1. The highest BCUT2D eigenvalue weighted by Crippen LogP contribution is 2.19. The van der Waals surface area contributed by atoms with Gasteiger partial charge in [0.2, 0.25) is 5.91 Å². The lowest BCUT2D eigenvalue weighted by atomic mass is 10.1. The number of rotatable bonds is 4. The van der Waals surface area contributed by atoms with E-state index in [9.17, 15) is 4.79 Å². The fourth-order valence-corrected chi connectivity index (χ4v) is 2.48. The monoisotopic (exact) mass is 312 g/mol. The summed E-state index contributed by atoms with van der Waals surface area (Å²) >= 11 is 3.35. The van der Waals surface area contributed by atoms with Crippen LogP contribution in [0.25, 0.3) is 0 Å². The van der Waals surface area contributed by atoms with Crippen LogP contribution in [0, 0.1) is 6.92 Å². The third kappa shape index (κ3) is 3.78. The number of carbonyl (C=O) groups is 1. The molecule has 0 bridgehead atoms. The highest BCUT2D eigenvalue weighted by Gasteiger charge is 2.17. The van der Waals surface area contributed by atoms with Gasteiger partial charge in [0.25, 0.3) is 0 Å². The standard InChI is InChI=1S/C13H17BrN2O2/c1-9-7-10(14)8-15-13(9)16-12(17)5-4-11-3-2-6-18-11/h7-8,11H,2-6H2,1H3,(H,15,16,17). The minimum atomic E-state index is 0.00317. The van der Waals surface area contributed by atoms with Crippen molar-refractivity contribution in [2.45, 2.75) is 38.7 Å². The largest absolute Gasteiger partial charge is 0.378 e. The van der Waals surface area contributed by atoms with Crippen LogP contribution in [0.4, 0.5) is 5.82 Å². The first-order chi connectivity index (χ1) is 8.65. The zero-order valence-corrected chi connectivity index (χ0v) is 12.0. The Balaban J connectivity index is 1.82. The van der Waals surface area contributed by atoms with E-state index < -0.39 is 0 Å². The summed E-state index contributed by atoms with van der Waals surface area (Å²) in [6.07, 6.45) is 5.41. The van der Waals surface area contributed by atoms with Crippen LogP contribution >= 0.6 is 15.9 Å². The number of carbonyl (C=O) groups excluding carboxylic acids is 1. The van der Waals surface area contributed by atoms with Crippen molar-refractivity contribution in [3.05, 3.63) is 22.3 Å². The SMILES string of the molecule is Cc1cc(Br)cnc1NC(=O)CCC1CCCO1. The molecule has 2 heterocycles. The lowest BCUT2D eigenvalue weighted by Crippen LogP contribution is -2.16. The summed E-state index contributed by atoms with van der Waals surface area (Å²) in [4.78, 5) is 16.0. The zero-order valence-electron chi connectivity index (χ0n) is 10.4. The Labute approximate surface area is 115 Å². The van der Waals surface area contributed by atoms with Crippen molar-refractivity contribution in [3.8, 4) is 0 Å². The number of anilines is 1. The van der Waals surface area contributed by atoms with Gasteiger partial charge in [-0.15, -0.1) is 0 Å². The van der Waals surface area contributed by atoms with Gasteiger partial charge in [-0.05, 0) is 53.7 Å². The summed E-state index contributed by atoms with van der Waals surface area (Å²) in [5, 5.41) is 2.83. The Morgan fingerprint density at radius 3 is 3.17 bits per heavy atom. The van der Waals surface area contributed by atoms with Crippen molar-refractivity contribution in [3.63, 3.8) is 0 Å². The second-order valence-corrected chi connectivity index (χ2v) is 5.46. The molecule has 0 saturated carbocycles. The molecule has 4 nitrogen and oxygen atoms in total. The van der Waals surface area contributed by atoms with E-state index in [4.69, 9.17) is 4.74 Å². The number of aromatic nitrogens is 1. The molecule has 5 heteroatoms. The van der Waals surface area contributed by atoms with Crippen LogP contribution in [0.15, 0.2) is 16.7 Å². The van der Waals surface area contributed by atoms with E-state index in [2.05, 4.69) is 26.2 Å². The summed E-state index contributed by atoms with van der Waals surface area (Å²) in [6, 6.07) is 1.93. The Bertz CT molecular complexity index is 431. The Kier molecular flexibility index (Phi) is 4.72. The van der Waals surface area contributed by atoms with Gasteiger partial charge in [-0.2, -0.15) is 0 Å². The van der Waals surface area contributed by atoms with Gasteiger partial charge < -0.3 is 10.1 Å². The molecule has 98 valence electrons. The maximum Gasteiger partial charge on any atom is 0.225 e. The average molecular weight is 313 g/mol. The predicted molar refractivity (Wildman–Crippen MR) is 73.5 cm³/mol. The van der Waals surface area contributed by atoms with Gasteiger partial charge in [0.05, 0.1) is 6.10 Å². The van der Waals surface area contributed by atoms with E-state index in [1.165, 1.54) is 0 Å². The van der Waals surface area contributed by atoms with E-state index in [-0.39, 0.29) is 12.0 Å². The molecule has 0 aliphatic carbocycles. The smallest absolute Gasteiger partial charge is 0.225 e. The maximum absolute atomic E-state index is 11.8. The molecule has 1 N–H and O–H groups in total. The topological polar surface area (TPSA) is 51.2 Å². The van der Waals surface area contributed by atoms with E-state index in [1.807, 2.05) is 13.0 Å². The number of hydrogen-bond acceptors (Lipinski definition) is 3. The van der Waals surface area contributed by atoms with Crippen molar-refractivity contribution in [1.82, 2.24) is 4.98 Å². The van der Waals surface area contributed by atoms with Crippen molar-refractivity contribution < 1.29 is 9.53 Å². The van der Waals surface area contributed by atoms with E-state index in [1.54, 1.807) is 6.20 Å². The number of nitrogens with one attached hydrogen (secondary N) is 1. The van der Waals surface area contributed by atoms with Crippen molar-refractivity contribution in [2.24, 2.45) is 0 Å². The predicted octanol–water partition coefficient (Wildman–Crippen LogP) is 3.05. The number of amides is 1. The number of hydrogen-bond donors (Lipinski definition) is 1. The third-order valence-electron chi connectivity index (χ3n) is 3.02. The molecule has 1 unspecified atom stereocenters. The van der Waals surface area contributed by atoms with Gasteiger partial charge in [-0.1, -0.05) is 0 Å². The zero-order chi connectivity index (χ0) is 13.0. The first-order valence-electron chi connectivity index (χ1n) is 6.19. The minimum absolute atomic E-state index is 0.00317. The second-order valence-electron chi connectivity index (χ2n) is 4.54. The van der Waals surface area contributed by atoms with Crippen LogP contribution in [0.2, 0.25) is 0 Å².